The standard InChI is InChI=1S/C25H37N3O6/c1-6-33-21(30)14-15-26-23(31)22(19-13-8-7-10-17(19)2)28(18-11-9-12-18)20(29)16-27-24(32)34-25(3,4)5/h7-8,10,13,18,22H,6,9,11-12,14-16H2,1-5H3,(H,26,31)(H,27,32). The van der Waals surface area contributed by atoms with Gasteiger partial charge >= 0.3 is 12.1 Å². The number of carbonyl (C=O) groups is 4. The van der Waals surface area contributed by atoms with Gasteiger partial charge in [-0.15, -0.1) is 0 Å². The first-order valence-corrected chi connectivity index (χ1v) is 11.8. The van der Waals surface area contributed by atoms with Crippen molar-refractivity contribution in [3.05, 3.63) is 35.4 Å². The molecule has 2 N–H and O–H groups in total. The summed E-state index contributed by atoms with van der Waals surface area (Å²) < 4.78 is 10.2. The van der Waals surface area contributed by atoms with Crippen molar-refractivity contribution in [1.82, 2.24) is 15.5 Å². The Morgan fingerprint density at radius 2 is 1.79 bits per heavy atom. The van der Waals surface area contributed by atoms with Crippen LogP contribution < -0.4 is 10.6 Å². The maximum atomic E-state index is 13.4. The number of hydrogen-bond acceptors (Lipinski definition) is 6. The number of benzene rings is 1. The van der Waals surface area contributed by atoms with Crippen LogP contribution in [0.25, 0.3) is 0 Å². The molecule has 1 unspecified atom stereocenters. The third-order valence-electron chi connectivity index (χ3n) is 5.48. The number of esters is 1. The van der Waals surface area contributed by atoms with Gasteiger partial charge in [-0.25, -0.2) is 4.79 Å². The van der Waals surface area contributed by atoms with E-state index in [1.807, 2.05) is 31.2 Å². The Balaban J connectivity index is 2.24. The van der Waals surface area contributed by atoms with Gasteiger partial charge in [0.25, 0.3) is 0 Å². The molecule has 1 saturated carbocycles. The van der Waals surface area contributed by atoms with E-state index >= 15 is 0 Å². The first-order valence-electron chi connectivity index (χ1n) is 11.8. The zero-order chi connectivity index (χ0) is 25.3. The van der Waals surface area contributed by atoms with Crippen molar-refractivity contribution in [3.63, 3.8) is 0 Å². The molecule has 0 spiro atoms. The van der Waals surface area contributed by atoms with Crippen LogP contribution in [0.1, 0.15) is 70.5 Å². The highest BCUT2D eigenvalue weighted by atomic mass is 16.6. The fraction of sp³-hybridized carbons (Fsp3) is 0.600. The topological polar surface area (TPSA) is 114 Å². The number of aryl methyl sites for hydroxylation is 1. The second-order valence-corrected chi connectivity index (χ2v) is 9.35. The Morgan fingerprint density at radius 3 is 2.35 bits per heavy atom. The van der Waals surface area contributed by atoms with E-state index < -0.39 is 23.7 Å². The maximum Gasteiger partial charge on any atom is 0.408 e. The summed E-state index contributed by atoms with van der Waals surface area (Å²) in [5, 5.41) is 5.30. The van der Waals surface area contributed by atoms with Gasteiger partial charge in [0.05, 0.1) is 13.0 Å². The largest absolute Gasteiger partial charge is 0.466 e. The second kappa shape index (κ2) is 12.4. The third-order valence-corrected chi connectivity index (χ3v) is 5.48. The van der Waals surface area contributed by atoms with Gasteiger partial charge in [-0.3, -0.25) is 14.4 Å². The van der Waals surface area contributed by atoms with Crippen LogP contribution in [0.15, 0.2) is 24.3 Å². The molecule has 9 nitrogen and oxygen atoms in total. The highest BCUT2D eigenvalue weighted by molar-refractivity contribution is 5.91. The average Bonchev–Trinajstić information content (AvgIpc) is 2.70. The summed E-state index contributed by atoms with van der Waals surface area (Å²) in [4.78, 5) is 52.1. The molecule has 0 aliphatic heterocycles. The summed E-state index contributed by atoms with van der Waals surface area (Å²) in [5.74, 6) is -1.15. The lowest BCUT2D eigenvalue weighted by Crippen LogP contribution is -2.54. The molecular weight excluding hydrogens is 438 g/mol. The van der Waals surface area contributed by atoms with Crippen molar-refractivity contribution < 1.29 is 28.7 Å². The quantitative estimate of drug-likeness (QED) is 0.503. The zero-order valence-corrected chi connectivity index (χ0v) is 20.8. The van der Waals surface area contributed by atoms with E-state index in [0.29, 0.717) is 5.56 Å². The van der Waals surface area contributed by atoms with Crippen LogP contribution >= 0.6 is 0 Å². The second-order valence-electron chi connectivity index (χ2n) is 9.35. The number of amides is 3. The molecule has 1 aromatic rings. The lowest BCUT2D eigenvalue weighted by atomic mass is 9.88. The van der Waals surface area contributed by atoms with Gasteiger partial charge in [0.1, 0.15) is 18.2 Å². The van der Waals surface area contributed by atoms with Gasteiger partial charge in [-0.1, -0.05) is 24.3 Å². The Kier molecular flexibility index (Phi) is 9.89. The van der Waals surface area contributed by atoms with Gasteiger partial charge in [-0.05, 0) is 65.0 Å². The molecule has 0 saturated heterocycles. The number of ether oxygens (including phenoxy) is 2. The molecule has 0 aromatic heterocycles. The van der Waals surface area contributed by atoms with Crippen LogP contribution in [0.2, 0.25) is 0 Å². The smallest absolute Gasteiger partial charge is 0.408 e. The molecule has 1 fully saturated rings. The van der Waals surface area contributed by atoms with E-state index in [0.717, 1.165) is 24.8 Å². The van der Waals surface area contributed by atoms with Crippen molar-refractivity contribution in [1.29, 1.82) is 0 Å². The van der Waals surface area contributed by atoms with E-state index in [4.69, 9.17) is 9.47 Å². The van der Waals surface area contributed by atoms with Crippen LogP contribution in [0.4, 0.5) is 4.79 Å². The van der Waals surface area contributed by atoms with Crippen molar-refractivity contribution in [2.75, 3.05) is 19.7 Å². The monoisotopic (exact) mass is 475 g/mol. The maximum absolute atomic E-state index is 13.4. The van der Waals surface area contributed by atoms with Crippen molar-refractivity contribution >= 4 is 23.9 Å². The van der Waals surface area contributed by atoms with E-state index in [2.05, 4.69) is 10.6 Å². The summed E-state index contributed by atoms with van der Waals surface area (Å²) >= 11 is 0. The number of alkyl carbamates (subject to hydrolysis) is 1. The number of hydrogen-bond donors (Lipinski definition) is 2. The summed E-state index contributed by atoms with van der Waals surface area (Å²) in [6.45, 7) is 8.91. The molecule has 1 aliphatic carbocycles. The third kappa shape index (κ3) is 8.04. The molecule has 3 amide bonds. The minimum Gasteiger partial charge on any atom is -0.466 e. The Morgan fingerprint density at radius 1 is 1.12 bits per heavy atom. The molecule has 1 aromatic carbocycles. The fourth-order valence-electron chi connectivity index (χ4n) is 3.71. The Hall–Kier alpha value is -3.10. The predicted octanol–water partition coefficient (Wildman–Crippen LogP) is 3.01. The SMILES string of the molecule is CCOC(=O)CCNC(=O)C(c1ccccc1C)N(C(=O)CNC(=O)OC(C)(C)C)C1CCC1. The molecular formula is C25H37N3O6. The van der Waals surface area contributed by atoms with E-state index in [9.17, 15) is 19.2 Å². The number of carbonyl (C=O) groups excluding carboxylic acids is 4. The van der Waals surface area contributed by atoms with E-state index in [1.54, 1.807) is 32.6 Å². The van der Waals surface area contributed by atoms with Crippen LogP contribution in [-0.2, 0) is 23.9 Å². The molecule has 188 valence electrons. The molecule has 2 rings (SSSR count). The molecule has 0 bridgehead atoms. The van der Waals surface area contributed by atoms with Crippen molar-refractivity contribution in [3.8, 4) is 0 Å². The lowest BCUT2D eigenvalue weighted by Gasteiger charge is -2.42. The summed E-state index contributed by atoms with van der Waals surface area (Å²) in [5.41, 5.74) is 0.877. The molecule has 9 heteroatoms. The van der Waals surface area contributed by atoms with Gasteiger partial charge in [0.2, 0.25) is 11.8 Å². The zero-order valence-electron chi connectivity index (χ0n) is 20.8. The minimum atomic E-state index is -0.887. The highest BCUT2D eigenvalue weighted by Gasteiger charge is 2.39. The van der Waals surface area contributed by atoms with E-state index in [-0.39, 0.29) is 44.0 Å². The van der Waals surface area contributed by atoms with Crippen molar-refractivity contribution in [2.24, 2.45) is 0 Å². The van der Waals surface area contributed by atoms with Gasteiger partial charge in [-0.2, -0.15) is 0 Å². The molecule has 1 atom stereocenters. The highest BCUT2D eigenvalue weighted by Crippen LogP contribution is 2.34. The fourth-order valence-corrected chi connectivity index (χ4v) is 3.71. The normalized spacial score (nSPS) is 14.4. The lowest BCUT2D eigenvalue weighted by molar-refractivity contribution is -0.146. The first kappa shape index (κ1) is 27.1. The van der Waals surface area contributed by atoms with Gasteiger partial charge in [0.15, 0.2) is 0 Å². The summed E-state index contributed by atoms with van der Waals surface area (Å²) in [6.07, 6.45) is 1.85. The summed E-state index contributed by atoms with van der Waals surface area (Å²) in [6, 6.07) is 6.40. The Bertz CT molecular complexity index is 876. The number of rotatable bonds is 10. The molecule has 34 heavy (non-hydrogen) atoms. The Labute approximate surface area is 201 Å². The summed E-state index contributed by atoms with van der Waals surface area (Å²) in [7, 11) is 0. The molecule has 0 heterocycles. The molecule has 0 radical (unpaired) electrons. The molecule has 1 aliphatic rings. The van der Waals surface area contributed by atoms with Crippen LogP contribution in [0.3, 0.4) is 0 Å². The van der Waals surface area contributed by atoms with Crippen LogP contribution in [-0.4, -0.2) is 60.1 Å². The van der Waals surface area contributed by atoms with Gasteiger partial charge in [0, 0.05) is 12.6 Å². The van der Waals surface area contributed by atoms with Gasteiger partial charge < -0.3 is 25.0 Å². The van der Waals surface area contributed by atoms with Crippen molar-refractivity contribution in [2.45, 2.75) is 78.0 Å². The van der Waals surface area contributed by atoms with E-state index in [1.165, 1.54) is 0 Å². The number of nitrogens with one attached hydrogen (secondary N) is 2. The van der Waals surface area contributed by atoms with Crippen LogP contribution in [0, 0.1) is 6.92 Å². The predicted molar refractivity (Wildman–Crippen MR) is 127 cm³/mol. The first-order chi connectivity index (χ1) is 16.0. The average molecular weight is 476 g/mol. The minimum absolute atomic E-state index is 0.0393. The van der Waals surface area contributed by atoms with Crippen LogP contribution in [0.5, 0.6) is 0 Å². The number of nitrogens with zero attached hydrogens (tertiary/aromatic N) is 1.